The average molecular weight is 398 g/mol. The number of hydrogen-bond acceptors (Lipinski definition) is 5. The molecule has 2 fully saturated rings. The second-order valence-corrected chi connectivity index (χ2v) is 7.95. The standard InChI is InChI=1S/C22H27FN4O2/c1-4-19-24-14(2)8-20(25-19)26-10-16-11-27(21(28)13-29-3)22(18(16)12-26)15-6-5-7-17(23)9-15/h5-9,16,18,22H,4,10-13H2,1-3H3/t16-,18-,22+/m1/s1. The molecule has 6 nitrogen and oxygen atoms in total. The number of hydrogen-bond donors (Lipinski definition) is 0. The summed E-state index contributed by atoms with van der Waals surface area (Å²) in [5.41, 5.74) is 1.81. The van der Waals surface area contributed by atoms with E-state index >= 15 is 0 Å². The highest BCUT2D eigenvalue weighted by atomic mass is 19.1. The van der Waals surface area contributed by atoms with Crippen LogP contribution in [0.4, 0.5) is 10.2 Å². The van der Waals surface area contributed by atoms with Gasteiger partial charge < -0.3 is 14.5 Å². The molecule has 0 spiro atoms. The summed E-state index contributed by atoms with van der Waals surface area (Å²) in [6.45, 7) is 6.34. The summed E-state index contributed by atoms with van der Waals surface area (Å²) in [5, 5.41) is 0. The first-order chi connectivity index (χ1) is 14.0. The summed E-state index contributed by atoms with van der Waals surface area (Å²) >= 11 is 0. The van der Waals surface area contributed by atoms with Crippen molar-refractivity contribution < 1.29 is 13.9 Å². The van der Waals surface area contributed by atoms with Crippen molar-refractivity contribution in [2.24, 2.45) is 11.8 Å². The van der Waals surface area contributed by atoms with Gasteiger partial charge in [-0.15, -0.1) is 0 Å². The third-order valence-corrected chi connectivity index (χ3v) is 5.97. The molecule has 2 saturated heterocycles. The predicted molar refractivity (Wildman–Crippen MR) is 108 cm³/mol. The lowest BCUT2D eigenvalue weighted by atomic mass is 9.89. The first-order valence-corrected chi connectivity index (χ1v) is 10.1. The van der Waals surface area contributed by atoms with Crippen LogP contribution in [0.2, 0.25) is 0 Å². The number of rotatable bonds is 5. The summed E-state index contributed by atoms with van der Waals surface area (Å²) in [7, 11) is 1.52. The maximum absolute atomic E-state index is 14.0. The highest BCUT2D eigenvalue weighted by Gasteiger charge is 2.49. The van der Waals surface area contributed by atoms with Crippen molar-refractivity contribution in [3.63, 3.8) is 0 Å². The van der Waals surface area contributed by atoms with Crippen LogP contribution in [-0.2, 0) is 16.0 Å². The minimum atomic E-state index is -0.279. The van der Waals surface area contributed by atoms with E-state index in [0.717, 1.165) is 42.4 Å². The predicted octanol–water partition coefficient (Wildman–Crippen LogP) is 2.77. The zero-order valence-corrected chi connectivity index (χ0v) is 17.1. The smallest absolute Gasteiger partial charge is 0.249 e. The molecule has 0 unspecified atom stereocenters. The molecule has 0 radical (unpaired) electrons. The van der Waals surface area contributed by atoms with E-state index in [1.165, 1.54) is 13.2 Å². The Morgan fingerprint density at radius 3 is 2.79 bits per heavy atom. The van der Waals surface area contributed by atoms with E-state index < -0.39 is 0 Å². The van der Waals surface area contributed by atoms with Crippen LogP contribution < -0.4 is 4.90 Å². The summed E-state index contributed by atoms with van der Waals surface area (Å²) in [6, 6.07) is 8.48. The molecular weight excluding hydrogens is 371 g/mol. The van der Waals surface area contributed by atoms with Gasteiger partial charge in [0.15, 0.2) is 0 Å². The minimum Gasteiger partial charge on any atom is -0.375 e. The Kier molecular flexibility index (Phi) is 5.50. The highest BCUT2D eigenvalue weighted by molar-refractivity contribution is 5.78. The molecule has 7 heteroatoms. The van der Waals surface area contributed by atoms with Crippen molar-refractivity contribution >= 4 is 11.7 Å². The van der Waals surface area contributed by atoms with Crippen LogP contribution >= 0.6 is 0 Å². The number of ether oxygens (including phenoxy) is 1. The Labute approximate surface area is 170 Å². The van der Waals surface area contributed by atoms with Crippen molar-refractivity contribution in [2.75, 3.05) is 38.3 Å². The molecule has 2 aliphatic rings. The first kappa shape index (κ1) is 19.8. The van der Waals surface area contributed by atoms with Gasteiger partial charge in [0.25, 0.3) is 0 Å². The SMILES string of the molecule is CCc1nc(C)cc(N2C[C@@H]3CN(C(=O)COC)[C@@H](c4cccc(F)c4)[C@@H]3C2)n1. The topological polar surface area (TPSA) is 58.6 Å². The van der Waals surface area contributed by atoms with E-state index in [-0.39, 0.29) is 30.3 Å². The van der Waals surface area contributed by atoms with Crippen LogP contribution in [0, 0.1) is 24.6 Å². The average Bonchev–Trinajstić information content (AvgIpc) is 3.25. The quantitative estimate of drug-likeness (QED) is 0.775. The first-order valence-electron chi connectivity index (χ1n) is 10.1. The van der Waals surface area contributed by atoms with Gasteiger partial charge in [0, 0.05) is 56.8 Å². The molecule has 4 rings (SSSR count). The second-order valence-electron chi connectivity index (χ2n) is 7.95. The molecule has 0 N–H and O–H groups in total. The van der Waals surface area contributed by atoms with Crippen molar-refractivity contribution in [2.45, 2.75) is 26.3 Å². The van der Waals surface area contributed by atoms with E-state index in [9.17, 15) is 9.18 Å². The van der Waals surface area contributed by atoms with Gasteiger partial charge in [0.05, 0.1) is 6.04 Å². The molecule has 2 aromatic rings. The molecule has 1 amide bonds. The molecule has 2 aliphatic heterocycles. The Bertz CT molecular complexity index is 906. The lowest BCUT2D eigenvalue weighted by Crippen LogP contribution is -2.37. The second kappa shape index (κ2) is 8.06. The van der Waals surface area contributed by atoms with Gasteiger partial charge in [0.2, 0.25) is 5.91 Å². The molecule has 3 atom stereocenters. The number of benzene rings is 1. The lowest BCUT2D eigenvalue weighted by molar-refractivity contribution is -0.136. The van der Waals surface area contributed by atoms with Crippen LogP contribution in [0.15, 0.2) is 30.3 Å². The highest BCUT2D eigenvalue weighted by Crippen LogP contribution is 2.45. The summed E-state index contributed by atoms with van der Waals surface area (Å²) < 4.78 is 19.0. The Hall–Kier alpha value is -2.54. The zero-order valence-electron chi connectivity index (χ0n) is 17.1. The maximum Gasteiger partial charge on any atom is 0.249 e. The van der Waals surface area contributed by atoms with Crippen molar-refractivity contribution in [1.29, 1.82) is 0 Å². The number of amides is 1. The number of carbonyl (C=O) groups excluding carboxylic acids is 1. The molecule has 0 bridgehead atoms. The Morgan fingerprint density at radius 2 is 2.07 bits per heavy atom. The van der Waals surface area contributed by atoms with E-state index in [1.54, 1.807) is 12.1 Å². The van der Waals surface area contributed by atoms with Crippen LogP contribution in [0.3, 0.4) is 0 Å². The summed E-state index contributed by atoms with van der Waals surface area (Å²) in [4.78, 5) is 26.0. The summed E-state index contributed by atoms with van der Waals surface area (Å²) in [6.07, 6.45) is 0.792. The molecule has 29 heavy (non-hydrogen) atoms. The van der Waals surface area contributed by atoms with Gasteiger partial charge in [0.1, 0.15) is 24.1 Å². The maximum atomic E-state index is 14.0. The number of aromatic nitrogens is 2. The van der Waals surface area contributed by atoms with Crippen LogP contribution in [0.25, 0.3) is 0 Å². The Morgan fingerprint density at radius 1 is 1.24 bits per heavy atom. The minimum absolute atomic E-state index is 0.0416. The van der Waals surface area contributed by atoms with Crippen molar-refractivity contribution in [1.82, 2.24) is 14.9 Å². The van der Waals surface area contributed by atoms with Crippen LogP contribution in [0.1, 0.15) is 30.0 Å². The monoisotopic (exact) mass is 398 g/mol. The fourth-order valence-electron chi connectivity index (χ4n) is 4.75. The zero-order chi connectivity index (χ0) is 20.5. The third kappa shape index (κ3) is 3.83. The number of methoxy groups -OCH3 is 1. The number of anilines is 1. The third-order valence-electron chi connectivity index (χ3n) is 5.97. The van der Waals surface area contributed by atoms with E-state index in [1.807, 2.05) is 24.0 Å². The summed E-state index contributed by atoms with van der Waals surface area (Å²) in [5.74, 6) is 1.99. The number of carbonyl (C=O) groups is 1. The van der Waals surface area contributed by atoms with Crippen LogP contribution in [-0.4, -0.2) is 54.1 Å². The number of nitrogens with zero attached hydrogens (tertiary/aromatic N) is 4. The molecule has 154 valence electrons. The molecule has 3 heterocycles. The van der Waals surface area contributed by atoms with Gasteiger partial charge in [-0.05, 0) is 24.6 Å². The molecule has 1 aromatic heterocycles. The van der Waals surface area contributed by atoms with Gasteiger partial charge in [-0.3, -0.25) is 4.79 Å². The van der Waals surface area contributed by atoms with Gasteiger partial charge in [-0.2, -0.15) is 0 Å². The number of halogens is 1. The van der Waals surface area contributed by atoms with Crippen molar-refractivity contribution in [3.05, 3.63) is 53.2 Å². The normalized spacial score (nSPS) is 23.5. The molecule has 0 aliphatic carbocycles. The van der Waals surface area contributed by atoms with Gasteiger partial charge >= 0.3 is 0 Å². The molecule has 1 aromatic carbocycles. The molecule has 0 saturated carbocycles. The fourth-order valence-corrected chi connectivity index (χ4v) is 4.75. The Balaban J connectivity index is 1.63. The van der Waals surface area contributed by atoms with E-state index in [0.29, 0.717) is 12.5 Å². The van der Waals surface area contributed by atoms with Crippen molar-refractivity contribution in [3.8, 4) is 0 Å². The lowest BCUT2D eigenvalue weighted by Gasteiger charge is -2.30. The van der Waals surface area contributed by atoms with Gasteiger partial charge in [-0.1, -0.05) is 19.1 Å². The van der Waals surface area contributed by atoms with Gasteiger partial charge in [-0.25, -0.2) is 14.4 Å². The van der Waals surface area contributed by atoms with Crippen LogP contribution in [0.5, 0.6) is 0 Å². The number of aryl methyl sites for hydroxylation is 2. The van der Waals surface area contributed by atoms with E-state index in [2.05, 4.69) is 16.8 Å². The number of likely N-dealkylation sites (tertiary alicyclic amines) is 1. The number of fused-ring (bicyclic) bond motifs is 1. The fraction of sp³-hybridized carbons (Fsp3) is 0.500. The molecular formula is C22H27FN4O2. The van der Waals surface area contributed by atoms with E-state index in [4.69, 9.17) is 9.72 Å². The largest absolute Gasteiger partial charge is 0.375 e.